The van der Waals surface area contributed by atoms with Gasteiger partial charge in [-0.05, 0) is 12.5 Å². The van der Waals surface area contributed by atoms with Crippen LogP contribution in [0.25, 0.3) is 0 Å². The van der Waals surface area contributed by atoms with Crippen LogP contribution in [0.15, 0.2) is 29.2 Å². The van der Waals surface area contributed by atoms with Crippen LogP contribution in [0.3, 0.4) is 0 Å². The average molecular weight is 366 g/mol. The van der Waals surface area contributed by atoms with Crippen LogP contribution >= 0.6 is 23.4 Å². The minimum atomic E-state index is -3.37. The third-order valence-electron chi connectivity index (χ3n) is 3.10. The molecule has 0 aliphatic heterocycles. The number of nitrogens with zero attached hydrogens (tertiary/aromatic N) is 1. The highest BCUT2D eigenvalue weighted by molar-refractivity contribution is 8.01. The van der Waals surface area contributed by atoms with Crippen molar-refractivity contribution in [1.29, 1.82) is 0 Å². The average Bonchev–Trinajstić information content (AvgIpc) is 2.49. The molecule has 22 heavy (non-hydrogen) atoms. The van der Waals surface area contributed by atoms with E-state index in [1.165, 1.54) is 6.07 Å². The second-order valence-electron chi connectivity index (χ2n) is 4.87. The summed E-state index contributed by atoms with van der Waals surface area (Å²) in [4.78, 5) is 10.9. The number of hydrogen-bond donors (Lipinski definition) is 0. The van der Waals surface area contributed by atoms with E-state index in [-0.39, 0.29) is 17.2 Å². The molecule has 1 aromatic carbocycles. The highest BCUT2D eigenvalue weighted by Gasteiger charge is 2.24. The predicted molar refractivity (Wildman–Crippen MR) is 91.4 cm³/mol. The summed E-state index contributed by atoms with van der Waals surface area (Å²) < 4.78 is 23.1. The standard InChI is InChI=1S/C14H20ClNO4S2/c1-2-3-4-7-10-22(19,20)14(15)11-21-13-9-6-5-8-12(13)16(17)18/h5-6,8-9,14H,2-4,7,10-11H2,1H3. The molecule has 0 radical (unpaired) electrons. The van der Waals surface area contributed by atoms with Gasteiger partial charge < -0.3 is 0 Å². The lowest BCUT2D eigenvalue weighted by molar-refractivity contribution is -0.387. The number of nitro groups is 1. The van der Waals surface area contributed by atoms with Crippen LogP contribution in [0.2, 0.25) is 0 Å². The van der Waals surface area contributed by atoms with Crippen molar-refractivity contribution >= 4 is 38.9 Å². The zero-order chi connectivity index (χ0) is 16.6. The first-order valence-electron chi connectivity index (χ1n) is 7.10. The Labute approximate surface area is 140 Å². The van der Waals surface area contributed by atoms with Crippen LogP contribution in [0.4, 0.5) is 5.69 Å². The molecule has 0 spiro atoms. The number of rotatable bonds is 10. The largest absolute Gasteiger partial charge is 0.282 e. The number of halogens is 1. The first-order valence-corrected chi connectivity index (χ1v) is 10.2. The minimum Gasteiger partial charge on any atom is -0.258 e. The van der Waals surface area contributed by atoms with Crippen molar-refractivity contribution < 1.29 is 13.3 Å². The summed E-state index contributed by atoms with van der Waals surface area (Å²) in [6, 6.07) is 6.24. The van der Waals surface area contributed by atoms with Crippen LogP contribution in [-0.4, -0.2) is 29.6 Å². The van der Waals surface area contributed by atoms with E-state index in [2.05, 4.69) is 6.92 Å². The van der Waals surface area contributed by atoms with Crippen LogP contribution in [0.5, 0.6) is 0 Å². The van der Waals surface area contributed by atoms with Gasteiger partial charge in [-0.15, -0.1) is 23.4 Å². The molecule has 8 heteroatoms. The van der Waals surface area contributed by atoms with Crippen molar-refractivity contribution in [2.24, 2.45) is 0 Å². The summed E-state index contributed by atoms with van der Waals surface area (Å²) in [6.45, 7) is 2.06. The van der Waals surface area contributed by atoms with Crippen molar-refractivity contribution in [3.8, 4) is 0 Å². The van der Waals surface area contributed by atoms with Crippen molar-refractivity contribution in [2.45, 2.75) is 42.2 Å². The molecule has 1 aromatic rings. The number of hydrogen-bond acceptors (Lipinski definition) is 5. The van der Waals surface area contributed by atoms with E-state index in [4.69, 9.17) is 11.6 Å². The van der Waals surface area contributed by atoms with E-state index in [0.717, 1.165) is 31.0 Å². The maximum absolute atomic E-state index is 12.1. The molecule has 0 aromatic heterocycles. The first kappa shape index (κ1) is 19.3. The summed E-state index contributed by atoms with van der Waals surface area (Å²) in [5.41, 5.74) is -0.0308. The number of para-hydroxylation sites is 1. The lowest BCUT2D eigenvalue weighted by Gasteiger charge is -2.11. The number of alkyl halides is 1. The molecule has 0 aliphatic carbocycles. The molecule has 0 N–H and O–H groups in total. The van der Waals surface area contributed by atoms with Crippen LogP contribution < -0.4 is 0 Å². The molecule has 0 saturated carbocycles. The molecule has 0 heterocycles. The van der Waals surface area contributed by atoms with E-state index in [9.17, 15) is 18.5 Å². The monoisotopic (exact) mass is 365 g/mol. The number of benzene rings is 1. The fourth-order valence-corrected chi connectivity index (χ4v) is 4.97. The van der Waals surface area contributed by atoms with Gasteiger partial charge in [-0.3, -0.25) is 10.1 Å². The van der Waals surface area contributed by atoms with Gasteiger partial charge in [0.2, 0.25) is 0 Å². The zero-order valence-electron chi connectivity index (χ0n) is 12.4. The van der Waals surface area contributed by atoms with E-state index in [0.29, 0.717) is 11.3 Å². The quantitative estimate of drug-likeness (QED) is 0.204. The highest BCUT2D eigenvalue weighted by Crippen LogP contribution is 2.30. The number of sulfone groups is 1. The Morgan fingerprint density at radius 1 is 1.27 bits per heavy atom. The normalized spacial score (nSPS) is 13.0. The molecule has 1 rings (SSSR count). The minimum absolute atomic E-state index is 0.0308. The van der Waals surface area contributed by atoms with Gasteiger partial charge in [-0.2, -0.15) is 0 Å². The lowest BCUT2D eigenvalue weighted by Crippen LogP contribution is -2.21. The molecular formula is C14H20ClNO4S2. The van der Waals surface area contributed by atoms with Gasteiger partial charge >= 0.3 is 0 Å². The number of thioether (sulfide) groups is 1. The Kier molecular flexibility index (Phi) is 8.20. The maximum Gasteiger partial charge on any atom is 0.282 e. The summed E-state index contributed by atoms with van der Waals surface area (Å²) in [7, 11) is -3.37. The van der Waals surface area contributed by atoms with Crippen molar-refractivity contribution in [2.75, 3.05) is 11.5 Å². The topological polar surface area (TPSA) is 77.3 Å². The first-order chi connectivity index (χ1) is 10.4. The SMILES string of the molecule is CCCCCCS(=O)(=O)C(Cl)CSc1ccccc1[N+](=O)[O-]. The van der Waals surface area contributed by atoms with Crippen LogP contribution in [-0.2, 0) is 9.84 Å². The molecule has 0 amide bonds. The zero-order valence-corrected chi connectivity index (χ0v) is 14.8. The van der Waals surface area contributed by atoms with Gasteiger partial charge in [-0.1, -0.05) is 38.3 Å². The predicted octanol–water partition coefficient (Wildman–Crippen LogP) is 4.25. The van der Waals surface area contributed by atoms with Crippen molar-refractivity contribution in [3.63, 3.8) is 0 Å². The van der Waals surface area contributed by atoms with Crippen LogP contribution in [0, 0.1) is 10.1 Å². The molecule has 1 atom stereocenters. The van der Waals surface area contributed by atoms with Crippen molar-refractivity contribution in [1.82, 2.24) is 0 Å². The Hall–Kier alpha value is -0.790. The summed E-state index contributed by atoms with van der Waals surface area (Å²) >= 11 is 7.09. The molecule has 0 bridgehead atoms. The Bertz CT molecular complexity index is 592. The second kappa shape index (κ2) is 9.37. The van der Waals surface area contributed by atoms with E-state index < -0.39 is 19.5 Å². The molecule has 0 saturated heterocycles. The van der Waals surface area contributed by atoms with Gasteiger partial charge in [0.25, 0.3) is 5.69 Å². The molecular weight excluding hydrogens is 346 g/mol. The van der Waals surface area contributed by atoms with Gasteiger partial charge in [0.05, 0.1) is 15.6 Å². The summed E-state index contributed by atoms with van der Waals surface area (Å²) in [5.74, 6) is 0.168. The van der Waals surface area contributed by atoms with E-state index >= 15 is 0 Å². The fraction of sp³-hybridized carbons (Fsp3) is 0.571. The van der Waals surface area contributed by atoms with Gasteiger partial charge in [-0.25, -0.2) is 8.42 Å². The van der Waals surface area contributed by atoms with Crippen molar-refractivity contribution in [3.05, 3.63) is 34.4 Å². The number of nitro benzene ring substituents is 1. The fourth-order valence-electron chi connectivity index (χ4n) is 1.85. The molecule has 124 valence electrons. The second-order valence-corrected chi connectivity index (χ2v) is 9.02. The Morgan fingerprint density at radius 3 is 2.59 bits per heavy atom. The third-order valence-corrected chi connectivity index (χ3v) is 7.43. The highest BCUT2D eigenvalue weighted by atomic mass is 35.5. The smallest absolute Gasteiger partial charge is 0.258 e. The molecule has 5 nitrogen and oxygen atoms in total. The van der Waals surface area contributed by atoms with E-state index in [1.807, 2.05) is 0 Å². The Morgan fingerprint density at radius 2 is 1.95 bits per heavy atom. The maximum atomic E-state index is 12.1. The molecule has 0 fully saturated rings. The van der Waals surface area contributed by atoms with Gasteiger partial charge in [0.1, 0.15) is 4.71 Å². The van der Waals surface area contributed by atoms with Gasteiger partial charge in [0.15, 0.2) is 9.84 Å². The number of unbranched alkanes of at least 4 members (excludes halogenated alkanes) is 3. The molecule has 1 unspecified atom stereocenters. The van der Waals surface area contributed by atoms with Gasteiger partial charge in [0, 0.05) is 11.8 Å². The summed E-state index contributed by atoms with van der Waals surface area (Å²) in [5, 5.41) is 10.9. The Balaban J connectivity index is 2.58. The van der Waals surface area contributed by atoms with E-state index in [1.54, 1.807) is 18.2 Å². The van der Waals surface area contributed by atoms with Crippen LogP contribution in [0.1, 0.15) is 32.6 Å². The summed E-state index contributed by atoms with van der Waals surface area (Å²) in [6.07, 6.45) is 3.53. The third kappa shape index (κ3) is 6.14. The lowest BCUT2D eigenvalue weighted by atomic mass is 10.2. The molecule has 0 aliphatic rings.